The van der Waals surface area contributed by atoms with Gasteiger partial charge in [-0.05, 0) is 5.92 Å². The van der Waals surface area contributed by atoms with Gasteiger partial charge < -0.3 is 15.2 Å². The summed E-state index contributed by atoms with van der Waals surface area (Å²) in [6.07, 6.45) is 0.901. The van der Waals surface area contributed by atoms with Crippen molar-refractivity contribution in [1.29, 1.82) is 0 Å². The fourth-order valence-corrected chi connectivity index (χ4v) is 1.12. The summed E-state index contributed by atoms with van der Waals surface area (Å²) < 4.78 is 4.73. The molecule has 0 aromatic heterocycles. The Morgan fingerprint density at radius 3 is 2.47 bits per heavy atom. The number of carboxylic acids is 1. The maximum absolute atomic E-state index is 11.3. The lowest BCUT2D eigenvalue weighted by molar-refractivity contribution is -0.143. The van der Waals surface area contributed by atoms with Crippen LogP contribution in [-0.2, 0) is 14.3 Å². The Labute approximate surface area is 89.8 Å². The topological polar surface area (TPSA) is 75.6 Å². The van der Waals surface area contributed by atoms with E-state index in [2.05, 4.69) is 5.32 Å². The molecule has 0 aromatic rings. The van der Waals surface area contributed by atoms with Crippen LogP contribution in [0.2, 0.25) is 0 Å². The molecule has 2 atom stereocenters. The molecule has 0 aliphatic carbocycles. The Hall–Kier alpha value is -1.10. The molecule has 0 rings (SSSR count). The van der Waals surface area contributed by atoms with E-state index in [4.69, 9.17) is 9.84 Å². The first-order valence-corrected chi connectivity index (χ1v) is 5.04. The Bertz CT molecular complexity index is 217. The number of nitrogens with one attached hydrogen (secondary N) is 1. The van der Waals surface area contributed by atoms with Crippen LogP contribution in [0.5, 0.6) is 0 Å². The van der Waals surface area contributed by atoms with Crippen molar-refractivity contribution < 1.29 is 19.4 Å². The average Bonchev–Trinajstić information content (AvgIpc) is 2.21. The molecule has 0 saturated carbocycles. The molecule has 88 valence electrons. The predicted octanol–water partition coefficient (Wildman–Crippen LogP) is 0.638. The molecule has 0 aliphatic heterocycles. The molecular formula is C10H19NO4. The van der Waals surface area contributed by atoms with E-state index in [-0.39, 0.29) is 18.2 Å². The lowest BCUT2D eigenvalue weighted by Crippen LogP contribution is -2.45. The Morgan fingerprint density at radius 1 is 1.47 bits per heavy atom. The van der Waals surface area contributed by atoms with E-state index in [0.29, 0.717) is 13.0 Å². The van der Waals surface area contributed by atoms with E-state index in [1.807, 2.05) is 6.92 Å². The highest BCUT2D eigenvalue weighted by atomic mass is 16.5. The van der Waals surface area contributed by atoms with Crippen molar-refractivity contribution in [2.24, 2.45) is 5.92 Å². The zero-order chi connectivity index (χ0) is 11.8. The van der Waals surface area contributed by atoms with Gasteiger partial charge in [0.25, 0.3) is 0 Å². The van der Waals surface area contributed by atoms with Gasteiger partial charge in [-0.3, -0.25) is 4.79 Å². The van der Waals surface area contributed by atoms with Crippen molar-refractivity contribution in [3.63, 3.8) is 0 Å². The van der Waals surface area contributed by atoms with Crippen molar-refractivity contribution >= 4 is 11.9 Å². The molecule has 0 fully saturated rings. The number of hydrogen-bond acceptors (Lipinski definition) is 3. The largest absolute Gasteiger partial charge is 0.480 e. The second-order valence-electron chi connectivity index (χ2n) is 3.51. The van der Waals surface area contributed by atoms with Gasteiger partial charge in [-0.1, -0.05) is 20.3 Å². The van der Waals surface area contributed by atoms with E-state index in [9.17, 15) is 9.59 Å². The molecule has 0 unspecified atom stereocenters. The molecule has 0 aliphatic rings. The fourth-order valence-electron chi connectivity index (χ4n) is 1.12. The molecule has 0 heterocycles. The van der Waals surface area contributed by atoms with Crippen molar-refractivity contribution in [3.8, 4) is 0 Å². The summed E-state index contributed by atoms with van der Waals surface area (Å²) in [5.41, 5.74) is 0. The minimum Gasteiger partial charge on any atom is -0.480 e. The number of carbonyl (C=O) groups is 2. The quantitative estimate of drug-likeness (QED) is 0.656. The third-order valence-electron chi connectivity index (χ3n) is 2.33. The third kappa shape index (κ3) is 5.37. The SMILES string of the molecule is CC[C@H](C)[C@H](NC(=O)CCOC)C(=O)O. The lowest BCUT2D eigenvalue weighted by atomic mass is 9.99. The van der Waals surface area contributed by atoms with Crippen LogP contribution in [0.3, 0.4) is 0 Å². The maximum atomic E-state index is 11.3. The van der Waals surface area contributed by atoms with Crippen LogP contribution in [0.25, 0.3) is 0 Å². The normalized spacial score (nSPS) is 14.3. The first-order valence-electron chi connectivity index (χ1n) is 5.04. The minimum absolute atomic E-state index is 0.0750. The van der Waals surface area contributed by atoms with E-state index >= 15 is 0 Å². The van der Waals surface area contributed by atoms with Crippen molar-refractivity contribution in [2.75, 3.05) is 13.7 Å². The van der Waals surface area contributed by atoms with Crippen LogP contribution in [0, 0.1) is 5.92 Å². The van der Waals surface area contributed by atoms with Crippen LogP contribution in [0.1, 0.15) is 26.7 Å². The maximum Gasteiger partial charge on any atom is 0.326 e. The van der Waals surface area contributed by atoms with Gasteiger partial charge in [0.05, 0.1) is 6.61 Å². The Kier molecular flexibility index (Phi) is 6.70. The number of aliphatic carboxylic acids is 1. The van der Waals surface area contributed by atoms with Gasteiger partial charge >= 0.3 is 5.97 Å². The smallest absolute Gasteiger partial charge is 0.326 e. The predicted molar refractivity (Wildman–Crippen MR) is 55.5 cm³/mol. The number of carboxylic acid groups (broad SMARTS) is 1. The van der Waals surface area contributed by atoms with Gasteiger partial charge in [0.15, 0.2) is 0 Å². The second-order valence-corrected chi connectivity index (χ2v) is 3.51. The van der Waals surface area contributed by atoms with E-state index < -0.39 is 12.0 Å². The number of rotatable bonds is 7. The lowest BCUT2D eigenvalue weighted by Gasteiger charge is -2.19. The van der Waals surface area contributed by atoms with Gasteiger partial charge in [-0.15, -0.1) is 0 Å². The highest BCUT2D eigenvalue weighted by Crippen LogP contribution is 2.07. The molecule has 5 heteroatoms. The first-order chi connectivity index (χ1) is 7.02. The summed E-state index contributed by atoms with van der Waals surface area (Å²) in [7, 11) is 1.50. The number of methoxy groups -OCH3 is 1. The number of carbonyl (C=O) groups excluding carboxylic acids is 1. The number of amides is 1. The first kappa shape index (κ1) is 13.9. The molecule has 1 amide bonds. The van der Waals surface area contributed by atoms with E-state index in [0.717, 1.165) is 0 Å². The van der Waals surface area contributed by atoms with Gasteiger partial charge in [-0.2, -0.15) is 0 Å². The van der Waals surface area contributed by atoms with Crippen LogP contribution in [-0.4, -0.2) is 36.7 Å². The summed E-state index contributed by atoms with van der Waals surface area (Å²) >= 11 is 0. The zero-order valence-electron chi connectivity index (χ0n) is 9.45. The van der Waals surface area contributed by atoms with Crippen LogP contribution < -0.4 is 5.32 Å². The highest BCUT2D eigenvalue weighted by molar-refractivity contribution is 5.83. The van der Waals surface area contributed by atoms with Crippen molar-refractivity contribution in [3.05, 3.63) is 0 Å². The molecule has 0 spiro atoms. The molecular weight excluding hydrogens is 198 g/mol. The number of hydrogen-bond donors (Lipinski definition) is 2. The van der Waals surface area contributed by atoms with Gasteiger partial charge in [0, 0.05) is 13.5 Å². The van der Waals surface area contributed by atoms with Crippen molar-refractivity contribution in [2.45, 2.75) is 32.7 Å². The number of ether oxygens (including phenoxy) is 1. The summed E-state index contributed by atoms with van der Waals surface area (Å²) in [6.45, 7) is 4.00. The average molecular weight is 217 g/mol. The highest BCUT2D eigenvalue weighted by Gasteiger charge is 2.24. The summed E-state index contributed by atoms with van der Waals surface area (Å²) in [5, 5.41) is 11.4. The molecule has 15 heavy (non-hydrogen) atoms. The monoisotopic (exact) mass is 217 g/mol. The molecule has 2 N–H and O–H groups in total. The third-order valence-corrected chi connectivity index (χ3v) is 2.33. The summed E-state index contributed by atoms with van der Waals surface area (Å²) in [5.74, 6) is -1.35. The molecule has 0 saturated heterocycles. The summed E-state index contributed by atoms with van der Waals surface area (Å²) in [4.78, 5) is 22.1. The fraction of sp³-hybridized carbons (Fsp3) is 0.800. The minimum atomic E-state index is -0.991. The summed E-state index contributed by atoms with van der Waals surface area (Å²) in [6, 6.07) is -0.806. The van der Waals surface area contributed by atoms with Crippen LogP contribution in [0.4, 0.5) is 0 Å². The Balaban J connectivity index is 4.16. The molecule has 5 nitrogen and oxygen atoms in total. The molecule has 0 radical (unpaired) electrons. The second kappa shape index (κ2) is 7.23. The standard InChI is InChI=1S/C10H19NO4/c1-4-7(2)9(10(13)14)11-8(12)5-6-15-3/h7,9H,4-6H2,1-3H3,(H,11,12)(H,13,14)/t7-,9-/m0/s1. The zero-order valence-corrected chi connectivity index (χ0v) is 9.45. The van der Waals surface area contributed by atoms with E-state index in [1.165, 1.54) is 7.11 Å². The molecule has 0 aromatic carbocycles. The van der Waals surface area contributed by atoms with E-state index in [1.54, 1.807) is 6.92 Å². The van der Waals surface area contributed by atoms with Gasteiger partial charge in [-0.25, -0.2) is 4.79 Å². The van der Waals surface area contributed by atoms with Gasteiger partial charge in [0.2, 0.25) is 5.91 Å². The van der Waals surface area contributed by atoms with Crippen LogP contribution >= 0.6 is 0 Å². The van der Waals surface area contributed by atoms with Gasteiger partial charge in [0.1, 0.15) is 6.04 Å². The molecule has 0 bridgehead atoms. The van der Waals surface area contributed by atoms with Crippen molar-refractivity contribution in [1.82, 2.24) is 5.32 Å². The Morgan fingerprint density at radius 2 is 2.07 bits per heavy atom. The van der Waals surface area contributed by atoms with Crippen LogP contribution in [0.15, 0.2) is 0 Å².